The minimum absolute atomic E-state index is 0.0181. The van der Waals surface area contributed by atoms with Gasteiger partial charge in [-0.15, -0.1) is 0 Å². The minimum atomic E-state index is -3.53. The van der Waals surface area contributed by atoms with Crippen molar-refractivity contribution in [2.24, 2.45) is 0 Å². The van der Waals surface area contributed by atoms with Gasteiger partial charge in [-0.2, -0.15) is 4.31 Å². The second-order valence-corrected chi connectivity index (χ2v) is 7.89. The van der Waals surface area contributed by atoms with Crippen molar-refractivity contribution in [3.05, 3.63) is 28.7 Å². The van der Waals surface area contributed by atoms with E-state index >= 15 is 0 Å². The predicted molar refractivity (Wildman–Crippen MR) is 82.0 cm³/mol. The molecular formula is C14H20BrNO3S. The lowest BCUT2D eigenvalue weighted by molar-refractivity contribution is 0.199. The van der Waals surface area contributed by atoms with E-state index in [1.165, 1.54) is 10.7 Å². The van der Waals surface area contributed by atoms with Crippen LogP contribution in [0.5, 0.6) is 0 Å². The van der Waals surface area contributed by atoms with Crippen LogP contribution in [0.2, 0.25) is 0 Å². The zero-order valence-corrected chi connectivity index (χ0v) is 13.7. The van der Waals surface area contributed by atoms with Gasteiger partial charge in [0.05, 0.1) is 11.5 Å². The number of benzene rings is 1. The Hall–Kier alpha value is -0.430. The molecule has 1 N–H and O–H groups in total. The minimum Gasteiger partial charge on any atom is -0.395 e. The van der Waals surface area contributed by atoms with Crippen LogP contribution >= 0.6 is 15.9 Å². The second kappa shape index (κ2) is 7.02. The van der Waals surface area contributed by atoms with Crippen LogP contribution < -0.4 is 0 Å². The van der Waals surface area contributed by atoms with Gasteiger partial charge in [-0.3, -0.25) is 0 Å². The van der Waals surface area contributed by atoms with Crippen LogP contribution in [0.3, 0.4) is 0 Å². The molecule has 2 rings (SSSR count). The van der Waals surface area contributed by atoms with Gasteiger partial charge >= 0.3 is 0 Å². The van der Waals surface area contributed by atoms with Gasteiger partial charge in [-0.25, -0.2) is 8.42 Å². The standard InChI is InChI=1S/C14H20BrNO3S/c15-12-6-8-14(9-7-12)20(18,19)16(10-11-17)13-4-2-1-3-5-13/h6-9,13,17H,1-5,10-11H2. The first-order valence-corrected chi connectivity index (χ1v) is 9.17. The highest BCUT2D eigenvalue weighted by Gasteiger charge is 2.31. The Morgan fingerprint density at radius 3 is 2.30 bits per heavy atom. The van der Waals surface area contributed by atoms with E-state index in [1.54, 1.807) is 24.3 Å². The van der Waals surface area contributed by atoms with Gasteiger partial charge in [0.2, 0.25) is 10.0 Å². The number of nitrogens with zero attached hydrogens (tertiary/aromatic N) is 1. The largest absolute Gasteiger partial charge is 0.395 e. The number of rotatable bonds is 5. The highest BCUT2D eigenvalue weighted by Crippen LogP contribution is 2.28. The third kappa shape index (κ3) is 3.61. The van der Waals surface area contributed by atoms with Crippen LogP contribution in [0.25, 0.3) is 0 Å². The molecule has 0 saturated heterocycles. The van der Waals surface area contributed by atoms with Gasteiger partial charge in [0.15, 0.2) is 0 Å². The molecule has 1 aliphatic carbocycles. The van der Waals surface area contributed by atoms with Crippen LogP contribution in [0.15, 0.2) is 33.6 Å². The van der Waals surface area contributed by atoms with E-state index in [4.69, 9.17) is 0 Å². The molecule has 0 aromatic heterocycles. The van der Waals surface area contributed by atoms with E-state index in [2.05, 4.69) is 15.9 Å². The molecular weight excluding hydrogens is 342 g/mol. The van der Waals surface area contributed by atoms with E-state index in [0.29, 0.717) is 4.90 Å². The average molecular weight is 362 g/mol. The molecule has 0 bridgehead atoms. The summed E-state index contributed by atoms with van der Waals surface area (Å²) in [6, 6.07) is 6.68. The summed E-state index contributed by atoms with van der Waals surface area (Å²) in [5.74, 6) is 0. The van der Waals surface area contributed by atoms with Crippen LogP contribution in [-0.2, 0) is 10.0 Å². The van der Waals surface area contributed by atoms with Gasteiger partial charge in [-0.05, 0) is 37.1 Å². The van der Waals surface area contributed by atoms with Crippen molar-refractivity contribution in [1.29, 1.82) is 0 Å². The van der Waals surface area contributed by atoms with Crippen molar-refractivity contribution < 1.29 is 13.5 Å². The number of aliphatic hydroxyl groups is 1. The molecule has 6 heteroatoms. The number of hydrogen-bond acceptors (Lipinski definition) is 3. The van der Waals surface area contributed by atoms with Crippen molar-refractivity contribution in [1.82, 2.24) is 4.31 Å². The molecule has 0 radical (unpaired) electrons. The normalized spacial score (nSPS) is 17.6. The quantitative estimate of drug-likeness (QED) is 0.876. The van der Waals surface area contributed by atoms with E-state index in [9.17, 15) is 13.5 Å². The third-order valence-corrected chi connectivity index (χ3v) is 6.22. The lowest BCUT2D eigenvalue weighted by Crippen LogP contribution is -2.43. The molecule has 0 amide bonds. The van der Waals surface area contributed by atoms with Crippen LogP contribution in [-0.4, -0.2) is 37.0 Å². The fourth-order valence-corrected chi connectivity index (χ4v) is 4.65. The number of sulfonamides is 1. The Kier molecular flexibility index (Phi) is 5.60. The average Bonchev–Trinajstić information content (AvgIpc) is 2.46. The second-order valence-electron chi connectivity index (χ2n) is 5.09. The summed E-state index contributed by atoms with van der Waals surface area (Å²) in [5.41, 5.74) is 0. The predicted octanol–water partition coefficient (Wildman–Crippen LogP) is 2.76. The molecule has 0 heterocycles. The van der Waals surface area contributed by atoms with Crippen molar-refractivity contribution in [3.8, 4) is 0 Å². The summed E-state index contributed by atoms with van der Waals surface area (Å²) in [6.45, 7) is 0.0231. The summed E-state index contributed by atoms with van der Waals surface area (Å²) >= 11 is 3.31. The van der Waals surface area contributed by atoms with Crippen molar-refractivity contribution >= 4 is 26.0 Å². The van der Waals surface area contributed by atoms with Gasteiger partial charge in [0.1, 0.15) is 0 Å². The first kappa shape index (κ1) is 15.9. The Bertz CT molecular complexity index is 524. The molecule has 1 saturated carbocycles. The maximum atomic E-state index is 12.7. The number of aliphatic hydroxyl groups excluding tert-OH is 1. The Balaban J connectivity index is 2.28. The number of halogens is 1. The Labute approximate surface area is 129 Å². The summed E-state index contributed by atoms with van der Waals surface area (Å²) in [5, 5.41) is 9.21. The van der Waals surface area contributed by atoms with Crippen molar-refractivity contribution in [3.63, 3.8) is 0 Å². The molecule has 0 unspecified atom stereocenters. The summed E-state index contributed by atoms with van der Waals surface area (Å²) < 4.78 is 27.8. The van der Waals surface area contributed by atoms with E-state index in [1.807, 2.05) is 0 Å². The monoisotopic (exact) mass is 361 g/mol. The topological polar surface area (TPSA) is 57.6 Å². The molecule has 0 spiro atoms. The first-order chi connectivity index (χ1) is 9.55. The lowest BCUT2D eigenvalue weighted by Gasteiger charge is -2.33. The Morgan fingerprint density at radius 2 is 1.75 bits per heavy atom. The molecule has 1 aliphatic rings. The van der Waals surface area contributed by atoms with E-state index in [0.717, 1.165) is 30.2 Å². The van der Waals surface area contributed by atoms with Gasteiger partial charge in [0, 0.05) is 17.1 Å². The first-order valence-electron chi connectivity index (χ1n) is 6.94. The fraction of sp³-hybridized carbons (Fsp3) is 0.571. The molecule has 0 atom stereocenters. The molecule has 1 aromatic rings. The van der Waals surface area contributed by atoms with Gasteiger partial charge < -0.3 is 5.11 Å². The van der Waals surface area contributed by atoms with Gasteiger partial charge in [0.25, 0.3) is 0 Å². The van der Waals surface area contributed by atoms with Crippen LogP contribution in [0, 0.1) is 0 Å². The molecule has 4 nitrogen and oxygen atoms in total. The number of hydrogen-bond donors (Lipinski definition) is 1. The summed E-state index contributed by atoms with van der Waals surface area (Å²) in [6.07, 6.45) is 5.05. The van der Waals surface area contributed by atoms with E-state index in [-0.39, 0.29) is 19.2 Å². The van der Waals surface area contributed by atoms with Crippen LogP contribution in [0.4, 0.5) is 0 Å². The fourth-order valence-electron chi connectivity index (χ4n) is 2.71. The zero-order valence-electron chi connectivity index (χ0n) is 11.3. The van der Waals surface area contributed by atoms with Gasteiger partial charge in [-0.1, -0.05) is 35.2 Å². The molecule has 20 heavy (non-hydrogen) atoms. The lowest BCUT2D eigenvalue weighted by atomic mass is 9.95. The smallest absolute Gasteiger partial charge is 0.243 e. The highest BCUT2D eigenvalue weighted by atomic mass is 79.9. The highest BCUT2D eigenvalue weighted by molar-refractivity contribution is 9.10. The maximum absolute atomic E-state index is 12.7. The SMILES string of the molecule is O=S(=O)(c1ccc(Br)cc1)N(CCO)C1CCCCC1. The summed E-state index contributed by atoms with van der Waals surface area (Å²) in [7, 11) is -3.53. The molecule has 1 fully saturated rings. The molecule has 1 aromatic carbocycles. The van der Waals surface area contributed by atoms with Crippen LogP contribution in [0.1, 0.15) is 32.1 Å². The molecule has 0 aliphatic heterocycles. The maximum Gasteiger partial charge on any atom is 0.243 e. The Morgan fingerprint density at radius 1 is 1.15 bits per heavy atom. The molecule has 112 valence electrons. The van der Waals surface area contributed by atoms with Crippen molar-refractivity contribution in [2.45, 2.75) is 43.0 Å². The summed E-state index contributed by atoms with van der Waals surface area (Å²) in [4.78, 5) is 0.291. The van der Waals surface area contributed by atoms with E-state index < -0.39 is 10.0 Å². The van der Waals surface area contributed by atoms with Crippen molar-refractivity contribution in [2.75, 3.05) is 13.2 Å². The zero-order chi connectivity index (χ0) is 14.6. The third-order valence-electron chi connectivity index (χ3n) is 3.72.